The summed E-state index contributed by atoms with van der Waals surface area (Å²) in [6.45, 7) is 0.635. The van der Waals surface area contributed by atoms with Crippen LogP contribution in [0.4, 0.5) is 5.82 Å². The maximum atomic E-state index is 11.0. The maximum absolute atomic E-state index is 11.0. The molecule has 1 aliphatic rings. The highest BCUT2D eigenvalue weighted by Crippen LogP contribution is 2.23. The van der Waals surface area contributed by atoms with Crippen molar-refractivity contribution in [2.45, 2.75) is 18.9 Å². The van der Waals surface area contributed by atoms with Crippen molar-refractivity contribution < 1.29 is 19.8 Å². The summed E-state index contributed by atoms with van der Waals surface area (Å²) in [5.74, 6) is -1.40. The lowest BCUT2D eigenvalue weighted by Crippen LogP contribution is -2.36. The SMILES string of the molecule is O=C(O)c1ccc(N2CCC[C@@H]2C(=O)O)nc1. The van der Waals surface area contributed by atoms with Crippen LogP contribution < -0.4 is 4.90 Å². The molecule has 0 amide bonds. The zero-order valence-electron chi connectivity index (χ0n) is 9.04. The molecule has 0 unspecified atom stereocenters. The maximum Gasteiger partial charge on any atom is 0.337 e. The molecular weight excluding hydrogens is 224 g/mol. The summed E-state index contributed by atoms with van der Waals surface area (Å²) in [4.78, 5) is 27.3. The van der Waals surface area contributed by atoms with E-state index in [-0.39, 0.29) is 5.56 Å². The molecule has 1 aromatic rings. The van der Waals surface area contributed by atoms with E-state index in [1.54, 1.807) is 11.0 Å². The number of nitrogens with zero attached hydrogens (tertiary/aromatic N) is 2. The van der Waals surface area contributed by atoms with Gasteiger partial charge in [-0.25, -0.2) is 14.6 Å². The van der Waals surface area contributed by atoms with Crippen molar-refractivity contribution in [2.75, 3.05) is 11.4 Å². The molecule has 2 heterocycles. The van der Waals surface area contributed by atoms with Gasteiger partial charge in [0.1, 0.15) is 11.9 Å². The molecule has 0 bridgehead atoms. The number of hydrogen-bond acceptors (Lipinski definition) is 4. The first-order chi connectivity index (χ1) is 8.09. The van der Waals surface area contributed by atoms with Crippen LogP contribution in [-0.2, 0) is 4.79 Å². The normalized spacial score (nSPS) is 19.3. The first-order valence-electron chi connectivity index (χ1n) is 5.28. The Kier molecular flexibility index (Phi) is 2.95. The highest BCUT2D eigenvalue weighted by Gasteiger charge is 2.31. The smallest absolute Gasteiger partial charge is 0.337 e. The number of carbonyl (C=O) groups is 2. The molecule has 90 valence electrons. The molecule has 1 aliphatic heterocycles. The molecule has 0 spiro atoms. The van der Waals surface area contributed by atoms with Crippen molar-refractivity contribution in [1.29, 1.82) is 0 Å². The van der Waals surface area contributed by atoms with E-state index >= 15 is 0 Å². The summed E-state index contributed by atoms with van der Waals surface area (Å²) in [6.07, 6.45) is 2.64. The van der Waals surface area contributed by atoms with Crippen LogP contribution in [0.5, 0.6) is 0 Å². The van der Waals surface area contributed by atoms with Gasteiger partial charge in [-0.3, -0.25) is 0 Å². The van der Waals surface area contributed by atoms with Gasteiger partial charge < -0.3 is 15.1 Å². The van der Waals surface area contributed by atoms with Gasteiger partial charge >= 0.3 is 11.9 Å². The Hall–Kier alpha value is -2.11. The number of hydrogen-bond donors (Lipinski definition) is 2. The Morgan fingerprint density at radius 2 is 2.12 bits per heavy atom. The van der Waals surface area contributed by atoms with Crippen molar-refractivity contribution in [1.82, 2.24) is 4.98 Å². The molecule has 0 aromatic carbocycles. The predicted molar refractivity (Wildman–Crippen MR) is 59.2 cm³/mol. The third kappa shape index (κ3) is 2.20. The van der Waals surface area contributed by atoms with E-state index in [1.165, 1.54) is 12.3 Å². The molecule has 6 heteroatoms. The lowest BCUT2D eigenvalue weighted by molar-refractivity contribution is -0.138. The second-order valence-corrected chi connectivity index (χ2v) is 3.90. The van der Waals surface area contributed by atoms with E-state index in [1.807, 2.05) is 0 Å². The molecule has 1 saturated heterocycles. The average molecular weight is 236 g/mol. The van der Waals surface area contributed by atoms with Gasteiger partial charge in [-0.1, -0.05) is 0 Å². The number of aromatic carboxylic acids is 1. The number of carboxylic acid groups (broad SMARTS) is 2. The molecule has 1 atom stereocenters. The largest absolute Gasteiger partial charge is 0.480 e. The quantitative estimate of drug-likeness (QED) is 0.807. The van der Waals surface area contributed by atoms with Gasteiger partial charge in [0.15, 0.2) is 0 Å². The van der Waals surface area contributed by atoms with Gasteiger partial charge in [0.25, 0.3) is 0 Å². The Morgan fingerprint density at radius 3 is 2.65 bits per heavy atom. The molecule has 2 N–H and O–H groups in total. The van der Waals surface area contributed by atoms with Gasteiger partial charge in [0.2, 0.25) is 0 Å². The second-order valence-electron chi connectivity index (χ2n) is 3.90. The summed E-state index contributed by atoms with van der Waals surface area (Å²) in [5, 5.41) is 17.8. The minimum atomic E-state index is -1.04. The Balaban J connectivity index is 2.22. The van der Waals surface area contributed by atoms with Gasteiger partial charge in [-0.05, 0) is 25.0 Å². The molecule has 2 rings (SSSR count). The van der Waals surface area contributed by atoms with E-state index in [9.17, 15) is 9.59 Å². The van der Waals surface area contributed by atoms with Crippen LogP contribution in [0.2, 0.25) is 0 Å². The summed E-state index contributed by atoms with van der Waals surface area (Å²) >= 11 is 0. The monoisotopic (exact) mass is 236 g/mol. The summed E-state index contributed by atoms with van der Waals surface area (Å²) < 4.78 is 0. The van der Waals surface area contributed by atoms with Crippen molar-refractivity contribution in [3.63, 3.8) is 0 Å². The predicted octanol–water partition coefficient (Wildman–Crippen LogP) is 0.833. The lowest BCUT2D eigenvalue weighted by Gasteiger charge is -2.22. The number of rotatable bonds is 3. The first-order valence-corrected chi connectivity index (χ1v) is 5.28. The zero-order valence-corrected chi connectivity index (χ0v) is 9.04. The van der Waals surface area contributed by atoms with E-state index in [4.69, 9.17) is 10.2 Å². The Labute approximate surface area is 97.5 Å². The van der Waals surface area contributed by atoms with Gasteiger partial charge in [0.05, 0.1) is 5.56 Å². The molecule has 6 nitrogen and oxygen atoms in total. The lowest BCUT2D eigenvalue weighted by atomic mass is 10.2. The summed E-state index contributed by atoms with van der Waals surface area (Å²) in [5.41, 5.74) is 0.0971. The molecule has 0 radical (unpaired) electrons. The van der Waals surface area contributed by atoms with Crippen LogP contribution in [0.1, 0.15) is 23.2 Å². The molecule has 17 heavy (non-hydrogen) atoms. The van der Waals surface area contributed by atoms with Crippen LogP contribution in [0.15, 0.2) is 18.3 Å². The fourth-order valence-corrected chi connectivity index (χ4v) is 1.98. The minimum absolute atomic E-state index is 0.0971. The molecule has 0 saturated carbocycles. The second kappa shape index (κ2) is 4.40. The van der Waals surface area contributed by atoms with Crippen LogP contribution >= 0.6 is 0 Å². The van der Waals surface area contributed by atoms with Crippen LogP contribution in [-0.4, -0.2) is 39.7 Å². The number of aliphatic carboxylic acids is 1. The zero-order chi connectivity index (χ0) is 12.4. The van der Waals surface area contributed by atoms with E-state index in [0.29, 0.717) is 18.8 Å². The number of anilines is 1. The van der Waals surface area contributed by atoms with Crippen LogP contribution in [0.3, 0.4) is 0 Å². The fourth-order valence-electron chi connectivity index (χ4n) is 1.98. The highest BCUT2D eigenvalue weighted by atomic mass is 16.4. The number of carboxylic acids is 2. The molecule has 0 aliphatic carbocycles. The van der Waals surface area contributed by atoms with Gasteiger partial charge in [-0.2, -0.15) is 0 Å². The van der Waals surface area contributed by atoms with Crippen molar-refractivity contribution in [2.24, 2.45) is 0 Å². The highest BCUT2D eigenvalue weighted by molar-refractivity contribution is 5.87. The van der Waals surface area contributed by atoms with Crippen molar-refractivity contribution in [3.8, 4) is 0 Å². The number of pyridine rings is 1. The summed E-state index contributed by atoms with van der Waals surface area (Å²) in [6, 6.07) is 2.42. The Morgan fingerprint density at radius 1 is 1.35 bits per heavy atom. The van der Waals surface area contributed by atoms with E-state index < -0.39 is 18.0 Å². The molecular formula is C11H12N2O4. The summed E-state index contributed by atoms with van der Waals surface area (Å²) in [7, 11) is 0. The number of aromatic nitrogens is 1. The van der Waals surface area contributed by atoms with Gasteiger partial charge in [0, 0.05) is 12.7 Å². The van der Waals surface area contributed by atoms with E-state index in [0.717, 1.165) is 6.42 Å². The topological polar surface area (TPSA) is 90.7 Å². The van der Waals surface area contributed by atoms with Gasteiger partial charge in [-0.15, -0.1) is 0 Å². The molecule has 1 aromatic heterocycles. The van der Waals surface area contributed by atoms with Crippen molar-refractivity contribution in [3.05, 3.63) is 23.9 Å². The molecule has 1 fully saturated rings. The standard InChI is InChI=1S/C11H12N2O4/c14-10(15)7-3-4-9(12-6-7)13-5-1-2-8(13)11(16)17/h3-4,6,8H,1-2,5H2,(H,14,15)(H,16,17)/t8-/m1/s1. The Bertz CT molecular complexity index is 443. The fraction of sp³-hybridized carbons (Fsp3) is 0.364. The average Bonchev–Trinajstić information content (AvgIpc) is 2.78. The van der Waals surface area contributed by atoms with Crippen LogP contribution in [0, 0.1) is 0 Å². The third-order valence-electron chi connectivity index (χ3n) is 2.83. The minimum Gasteiger partial charge on any atom is -0.480 e. The van der Waals surface area contributed by atoms with E-state index in [2.05, 4.69) is 4.98 Å². The van der Waals surface area contributed by atoms with Crippen LogP contribution in [0.25, 0.3) is 0 Å². The third-order valence-corrected chi connectivity index (χ3v) is 2.83. The van der Waals surface area contributed by atoms with Crippen molar-refractivity contribution >= 4 is 17.8 Å². The first kappa shape index (κ1) is 11.4.